The zero-order valence-electron chi connectivity index (χ0n) is 11.0. The number of carbonyl (C=O) groups excluding carboxylic acids is 2. The Morgan fingerprint density at radius 1 is 1.16 bits per heavy atom. The van der Waals surface area contributed by atoms with Gasteiger partial charge in [-0.2, -0.15) is 0 Å². The zero-order valence-corrected chi connectivity index (χ0v) is 11.0. The second-order valence-corrected chi connectivity index (χ2v) is 5.62. The van der Waals surface area contributed by atoms with Gasteiger partial charge in [-0.1, -0.05) is 18.2 Å². The average molecular weight is 257 g/mol. The molecule has 19 heavy (non-hydrogen) atoms. The summed E-state index contributed by atoms with van der Waals surface area (Å²) in [5.41, 5.74) is 0.737. The molecule has 2 atom stereocenters. The highest BCUT2D eigenvalue weighted by molar-refractivity contribution is 5.95. The standard InChI is InChI=1S/C16H19NO2/c18-14-9-8-12-7-4-10-17(15(12)11-14)16(19)13-5-2-1-3-6-13/h1-3,5-6,12,15H,4,7-11H2/t12-,15-/m0/s1. The molecule has 0 spiro atoms. The van der Waals surface area contributed by atoms with E-state index in [1.54, 1.807) is 0 Å². The number of ketones is 1. The van der Waals surface area contributed by atoms with Crippen molar-refractivity contribution in [2.45, 2.75) is 38.1 Å². The van der Waals surface area contributed by atoms with Crippen LogP contribution in [0.2, 0.25) is 0 Å². The van der Waals surface area contributed by atoms with E-state index in [0.29, 0.717) is 24.5 Å². The van der Waals surface area contributed by atoms with E-state index in [1.807, 2.05) is 35.2 Å². The van der Waals surface area contributed by atoms with Gasteiger partial charge in [0.05, 0.1) is 0 Å². The van der Waals surface area contributed by atoms with E-state index < -0.39 is 0 Å². The van der Waals surface area contributed by atoms with Crippen LogP contribution in [0.15, 0.2) is 30.3 Å². The molecule has 1 heterocycles. The van der Waals surface area contributed by atoms with Gasteiger partial charge in [-0.05, 0) is 37.3 Å². The van der Waals surface area contributed by atoms with Crippen LogP contribution in [0.5, 0.6) is 0 Å². The summed E-state index contributed by atoms with van der Waals surface area (Å²) in [6.07, 6.45) is 4.45. The van der Waals surface area contributed by atoms with Crippen LogP contribution in [0.25, 0.3) is 0 Å². The summed E-state index contributed by atoms with van der Waals surface area (Å²) in [5, 5.41) is 0. The van der Waals surface area contributed by atoms with Crippen LogP contribution in [-0.2, 0) is 4.79 Å². The number of nitrogens with zero attached hydrogens (tertiary/aromatic N) is 1. The van der Waals surface area contributed by atoms with E-state index in [4.69, 9.17) is 0 Å². The van der Waals surface area contributed by atoms with Crippen molar-refractivity contribution in [1.29, 1.82) is 0 Å². The Morgan fingerprint density at radius 3 is 2.74 bits per heavy atom. The van der Waals surface area contributed by atoms with Crippen molar-refractivity contribution in [1.82, 2.24) is 4.90 Å². The molecule has 2 aliphatic rings. The highest BCUT2D eigenvalue weighted by Gasteiger charge is 2.38. The maximum Gasteiger partial charge on any atom is 0.254 e. The lowest BCUT2D eigenvalue weighted by Crippen LogP contribution is -2.51. The number of benzene rings is 1. The third-order valence-electron chi connectivity index (χ3n) is 4.43. The van der Waals surface area contributed by atoms with Gasteiger partial charge in [0.25, 0.3) is 5.91 Å². The quantitative estimate of drug-likeness (QED) is 0.775. The first-order valence-electron chi connectivity index (χ1n) is 7.13. The van der Waals surface area contributed by atoms with Crippen LogP contribution in [0.1, 0.15) is 42.5 Å². The summed E-state index contributed by atoms with van der Waals surface area (Å²) in [6, 6.07) is 9.55. The Morgan fingerprint density at radius 2 is 1.95 bits per heavy atom. The molecular weight excluding hydrogens is 238 g/mol. The highest BCUT2D eigenvalue weighted by Crippen LogP contribution is 2.34. The van der Waals surface area contributed by atoms with Crippen molar-refractivity contribution in [3.63, 3.8) is 0 Å². The number of amides is 1. The lowest BCUT2D eigenvalue weighted by molar-refractivity contribution is -0.123. The molecule has 1 aromatic carbocycles. The molecule has 3 nitrogen and oxygen atoms in total. The molecule has 0 bridgehead atoms. The van der Waals surface area contributed by atoms with Gasteiger partial charge in [0.1, 0.15) is 5.78 Å². The lowest BCUT2D eigenvalue weighted by atomic mass is 9.77. The summed E-state index contributed by atoms with van der Waals surface area (Å²) in [5.74, 6) is 0.929. The van der Waals surface area contributed by atoms with Crippen LogP contribution in [-0.4, -0.2) is 29.2 Å². The number of Topliss-reactive ketones (excluding diaryl/α,β-unsaturated/α-hetero) is 1. The summed E-state index contributed by atoms with van der Waals surface area (Å²) in [4.78, 5) is 26.2. The molecular formula is C16H19NO2. The summed E-state index contributed by atoms with van der Waals surface area (Å²) in [7, 11) is 0. The third-order valence-corrected chi connectivity index (χ3v) is 4.43. The molecule has 0 unspecified atom stereocenters. The van der Waals surface area contributed by atoms with Crippen LogP contribution in [0, 0.1) is 5.92 Å². The predicted octanol–water partition coefficient (Wildman–Crippen LogP) is 2.66. The fourth-order valence-corrected chi connectivity index (χ4v) is 3.43. The minimum absolute atomic E-state index is 0.0880. The first-order chi connectivity index (χ1) is 9.25. The van der Waals surface area contributed by atoms with E-state index in [2.05, 4.69) is 0 Å². The van der Waals surface area contributed by atoms with Gasteiger partial charge in [-0.15, -0.1) is 0 Å². The summed E-state index contributed by atoms with van der Waals surface area (Å²) in [6.45, 7) is 0.794. The number of piperidine rings is 1. The van der Waals surface area contributed by atoms with E-state index in [-0.39, 0.29) is 11.9 Å². The van der Waals surface area contributed by atoms with Crippen LogP contribution < -0.4 is 0 Å². The second-order valence-electron chi connectivity index (χ2n) is 5.62. The summed E-state index contributed by atoms with van der Waals surface area (Å²) < 4.78 is 0. The van der Waals surface area contributed by atoms with Crippen LogP contribution in [0.4, 0.5) is 0 Å². The van der Waals surface area contributed by atoms with Crippen molar-refractivity contribution in [2.24, 2.45) is 5.92 Å². The molecule has 2 fully saturated rings. The fraction of sp³-hybridized carbons (Fsp3) is 0.500. The third kappa shape index (κ3) is 2.42. The maximum absolute atomic E-state index is 12.6. The largest absolute Gasteiger partial charge is 0.335 e. The lowest BCUT2D eigenvalue weighted by Gasteiger charge is -2.43. The second kappa shape index (κ2) is 5.16. The van der Waals surface area contributed by atoms with E-state index in [9.17, 15) is 9.59 Å². The number of carbonyl (C=O) groups is 2. The molecule has 1 saturated heterocycles. The molecule has 1 aliphatic carbocycles. The molecule has 100 valence electrons. The van der Waals surface area contributed by atoms with E-state index >= 15 is 0 Å². The van der Waals surface area contributed by atoms with Crippen LogP contribution in [0.3, 0.4) is 0 Å². The maximum atomic E-state index is 12.6. The Bertz CT molecular complexity index is 483. The average Bonchev–Trinajstić information content (AvgIpc) is 2.47. The summed E-state index contributed by atoms with van der Waals surface area (Å²) >= 11 is 0. The first-order valence-corrected chi connectivity index (χ1v) is 7.13. The highest BCUT2D eigenvalue weighted by atomic mass is 16.2. The Balaban J connectivity index is 1.82. The molecule has 3 heteroatoms. The minimum Gasteiger partial charge on any atom is -0.335 e. The number of fused-ring (bicyclic) bond motifs is 1. The number of rotatable bonds is 1. The monoisotopic (exact) mass is 257 g/mol. The van der Waals surface area contributed by atoms with E-state index in [1.165, 1.54) is 0 Å². The molecule has 3 rings (SSSR count). The van der Waals surface area contributed by atoms with Crippen molar-refractivity contribution in [3.05, 3.63) is 35.9 Å². The molecule has 0 N–H and O–H groups in total. The number of likely N-dealkylation sites (tertiary alicyclic amines) is 1. The first kappa shape index (κ1) is 12.4. The molecule has 1 aliphatic heterocycles. The predicted molar refractivity (Wildman–Crippen MR) is 72.8 cm³/mol. The Labute approximate surface area is 113 Å². The van der Waals surface area contributed by atoms with Gasteiger partial charge >= 0.3 is 0 Å². The molecule has 1 amide bonds. The van der Waals surface area contributed by atoms with Gasteiger partial charge in [0, 0.05) is 31.0 Å². The van der Waals surface area contributed by atoms with Crippen molar-refractivity contribution in [2.75, 3.05) is 6.54 Å². The molecule has 0 radical (unpaired) electrons. The molecule has 1 saturated carbocycles. The fourth-order valence-electron chi connectivity index (χ4n) is 3.43. The number of hydrogen-bond acceptors (Lipinski definition) is 2. The van der Waals surface area contributed by atoms with Gasteiger partial charge in [0.15, 0.2) is 0 Å². The molecule has 1 aromatic rings. The van der Waals surface area contributed by atoms with Crippen molar-refractivity contribution >= 4 is 11.7 Å². The van der Waals surface area contributed by atoms with Gasteiger partial charge in [-0.3, -0.25) is 9.59 Å². The van der Waals surface area contributed by atoms with Gasteiger partial charge < -0.3 is 4.90 Å². The smallest absolute Gasteiger partial charge is 0.254 e. The zero-order chi connectivity index (χ0) is 13.2. The van der Waals surface area contributed by atoms with E-state index in [0.717, 1.165) is 31.4 Å². The van der Waals surface area contributed by atoms with Crippen LogP contribution >= 0.6 is 0 Å². The normalized spacial score (nSPS) is 26.9. The topological polar surface area (TPSA) is 37.4 Å². The molecule has 0 aromatic heterocycles. The van der Waals surface area contributed by atoms with Crippen molar-refractivity contribution in [3.8, 4) is 0 Å². The Hall–Kier alpha value is -1.64. The van der Waals surface area contributed by atoms with Gasteiger partial charge in [0.2, 0.25) is 0 Å². The SMILES string of the molecule is O=C1CC[C@@H]2CCCN(C(=O)c3ccccc3)[C@H]2C1. The number of hydrogen-bond donors (Lipinski definition) is 0. The van der Waals surface area contributed by atoms with Crippen molar-refractivity contribution < 1.29 is 9.59 Å². The minimum atomic E-state index is 0.0880. The Kier molecular flexibility index (Phi) is 3.36. The van der Waals surface area contributed by atoms with Gasteiger partial charge in [-0.25, -0.2) is 0 Å².